The number of hydrogen-bond acceptors (Lipinski definition) is 4. The van der Waals surface area contributed by atoms with Gasteiger partial charge in [-0.2, -0.15) is 13.2 Å². The SMILES string of the molecule is CCOC(=O)CC(=O)c1ccc(Cn2cc(-c3ccc(Cl)cc3Cl)nc2/C=C/c2ccc(-c3cccc(C(F)(F)F)c3)cc2)cc1. The highest BCUT2D eigenvalue weighted by molar-refractivity contribution is 6.36. The Morgan fingerprint density at radius 3 is 2.30 bits per heavy atom. The summed E-state index contributed by atoms with van der Waals surface area (Å²) in [6.07, 6.45) is 0.823. The first-order valence-electron chi connectivity index (χ1n) is 14.3. The average Bonchev–Trinajstić information content (AvgIpc) is 3.42. The second-order valence-corrected chi connectivity index (χ2v) is 11.2. The lowest BCUT2D eigenvalue weighted by atomic mass is 10.0. The third-order valence-corrected chi connectivity index (χ3v) is 7.66. The summed E-state index contributed by atoms with van der Waals surface area (Å²) in [6.45, 7) is 2.31. The van der Waals surface area contributed by atoms with Gasteiger partial charge in [0.05, 0.1) is 22.9 Å². The van der Waals surface area contributed by atoms with E-state index >= 15 is 0 Å². The van der Waals surface area contributed by atoms with Crippen LogP contribution in [0.25, 0.3) is 34.5 Å². The minimum atomic E-state index is -4.42. The van der Waals surface area contributed by atoms with Crippen molar-refractivity contribution in [1.82, 2.24) is 9.55 Å². The van der Waals surface area contributed by atoms with Crippen molar-refractivity contribution in [3.63, 3.8) is 0 Å². The third-order valence-electron chi connectivity index (χ3n) is 7.11. The molecule has 0 spiro atoms. The molecule has 0 saturated carbocycles. The fraction of sp³-hybridized carbons (Fsp3) is 0.139. The van der Waals surface area contributed by atoms with Crippen molar-refractivity contribution >= 4 is 47.1 Å². The molecule has 0 N–H and O–H groups in total. The summed E-state index contributed by atoms with van der Waals surface area (Å²) in [5.41, 5.74) is 3.87. The number of Topliss-reactive ketones (excluding diaryl/α,β-unsaturated/α-hetero) is 1. The molecule has 0 unspecified atom stereocenters. The van der Waals surface area contributed by atoms with E-state index in [0.717, 1.165) is 23.3 Å². The molecule has 0 aliphatic carbocycles. The molecule has 0 saturated heterocycles. The maximum Gasteiger partial charge on any atom is 0.416 e. The summed E-state index contributed by atoms with van der Waals surface area (Å²) in [6, 6.07) is 24.5. The number of carbonyl (C=O) groups is 2. The normalized spacial score (nSPS) is 11.6. The lowest BCUT2D eigenvalue weighted by Gasteiger charge is -2.09. The quantitative estimate of drug-likeness (QED) is 0.0848. The maximum absolute atomic E-state index is 13.2. The summed E-state index contributed by atoms with van der Waals surface area (Å²) < 4.78 is 46.4. The van der Waals surface area contributed by atoms with E-state index in [1.54, 1.807) is 55.5 Å². The van der Waals surface area contributed by atoms with Crippen molar-refractivity contribution < 1.29 is 27.5 Å². The number of hydrogen-bond donors (Lipinski definition) is 0. The molecular formula is C36H27Cl2F3N2O3. The summed E-state index contributed by atoms with van der Waals surface area (Å²) in [5, 5.41) is 0.946. The Balaban J connectivity index is 1.40. The van der Waals surface area contributed by atoms with Crippen LogP contribution in [0.3, 0.4) is 0 Å². The van der Waals surface area contributed by atoms with Crippen LogP contribution in [0.5, 0.6) is 0 Å². The molecule has 0 fully saturated rings. The van der Waals surface area contributed by atoms with E-state index < -0.39 is 17.7 Å². The van der Waals surface area contributed by atoms with Gasteiger partial charge in [-0.1, -0.05) is 89.9 Å². The van der Waals surface area contributed by atoms with Crippen LogP contribution in [0.4, 0.5) is 13.2 Å². The average molecular weight is 664 g/mol. The van der Waals surface area contributed by atoms with E-state index in [2.05, 4.69) is 0 Å². The Labute approximate surface area is 273 Å². The molecule has 0 aliphatic rings. The number of esters is 1. The molecule has 5 rings (SSSR count). The number of alkyl halides is 3. The van der Waals surface area contributed by atoms with Crippen molar-refractivity contribution in [2.24, 2.45) is 0 Å². The van der Waals surface area contributed by atoms with Gasteiger partial charge in [0.15, 0.2) is 5.78 Å². The zero-order valence-corrected chi connectivity index (χ0v) is 26.0. The zero-order chi connectivity index (χ0) is 32.8. The van der Waals surface area contributed by atoms with E-state index in [1.807, 2.05) is 47.2 Å². The van der Waals surface area contributed by atoms with Crippen LogP contribution in [0, 0.1) is 0 Å². The van der Waals surface area contributed by atoms with Gasteiger partial charge < -0.3 is 9.30 Å². The van der Waals surface area contributed by atoms with Crippen molar-refractivity contribution in [3.05, 3.63) is 135 Å². The van der Waals surface area contributed by atoms with Gasteiger partial charge in [0.25, 0.3) is 0 Å². The molecule has 0 aliphatic heterocycles. The summed E-state index contributed by atoms with van der Waals surface area (Å²) >= 11 is 12.6. The Morgan fingerprint density at radius 1 is 0.891 bits per heavy atom. The number of nitrogens with zero attached hydrogens (tertiary/aromatic N) is 2. The minimum absolute atomic E-state index is 0.209. The highest BCUT2D eigenvalue weighted by Gasteiger charge is 2.30. The van der Waals surface area contributed by atoms with E-state index in [-0.39, 0.29) is 18.8 Å². The molecule has 5 nitrogen and oxygen atoms in total. The molecule has 0 bridgehead atoms. The molecule has 1 heterocycles. The topological polar surface area (TPSA) is 61.2 Å². The van der Waals surface area contributed by atoms with Crippen LogP contribution in [0.1, 0.15) is 46.2 Å². The molecule has 10 heteroatoms. The van der Waals surface area contributed by atoms with Gasteiger partial charge in [0.1, 0.15) is 12.2 Å². The molecule has 4 aromatic carbocycles. The van der Waals surface area contributed by atoms with Crippen LogP contribution in [-0.4, -0.2) is 27.9 Å². The monoisotopic (exact) mass is 662 g/mol. The molecule has 1 aromatic heterocycles. The molecular weight excluding hydrogens is 636 g/mol. The first-order valence-corrected chi connectivity index (χ1v) is 15.0. The molecule has 0 atom stereocenters. The second-order valence-electron chi connectivity index (χ2n) is 10.4. The predicted octanol–water partition coefficient (Wildman–Crippen LogP) is 9.90. The number of ketones is 1. The van der Waals surface area contributed by atoms with E-state index in [4.69, 9.17) is 32.9 Å². The van der Waals surface area contributed by atoms with Crippen molar-refractivity contribution in [2.45, 2.75) is 26.1 Å². The highest BCUT2D eigenvalue weighted by atomic mass is 35.5. The smallest absolute Gasteiger partial charge is 0.416 e. The lowest BCUT2D eigenvalue weighted by molar-refractivity contribution is -0.142. The van der Waals surface area contributed by atoms with E-state index in [0.29, 0.717) is 50.4 Å². The van der Waals surface area contributed by atoms with Crippen LogP contribution < -0.4 is 0 Å². The number of halogens is 5. The Kier molecular flexibility index (Phi) is 10.1. The van der Waals surface area contributed by atoms with E-state index in [1.165, 1.54) is 6.07 Å². The fourth-order valence-corrected chi connectivity index (χ4v) is 5.29. The third kappa shape index (κ3) is 8.13. The fourth-order valence-electron chi connectivity index (χ4n) is 4.79. The van der Waals surface area contributed by atoms with Gasteiger partial charge in [-0.25, -0.2) is 4.98 Å². The van der Waals surface area contributed by atoms with Gasteiger partial charge in [-0.15, -0.1) is 0 Å². The van der Waals surface area contributed by atoms with Crippen molar-refractivity contribution in [2.75, 3.05) is 6.61 Å². The first kappa shape index (κ1) is 32.7. The van der Waals surface area contributed by atoms with Gasteiger partial charge in [0.2, 0.25) is 0 Å². The lowest BCUT2D eigenvalue weighted by Crippen LogP contribution is -2.11. The minimum Gasteiger partial charge on any atom is -0.466 e. The number of aromatic nitrogens is 2. The van der Waals surface area contributed by atoms with Gasteiger partial charge in [-0.05, 0) is 65.6 Å². The molecule has 5 aromatic rings. The van der Waals surface area contributed by atoms with Gasteiger partial charge in [-0.3, -0.25) is 9.59 Å². The zero-order valence-electron chi connectivity index (χ0n) is 24.5. The first-order chi connectivity index (χ1) is 22.0. The van der Waals surface area contributed by atoms with Gasteiger partial charge in [0, 0.05) is 28.9 Å². The summed E-state index contributed by atoms with van der Waals surface area (Å²) in [5.74, 6) is -0.273. The summed E-state index contributed by atoms with van der Waals surface area (Å²) in [7, 11) is 0. The Bertz CT molecular complexity index is 1900. The molecule has 234 valence electrons. The largest absolute Gasteiger partial charge is 0.466 e. The van der Waals surface area contributed by atoms with Crippen LogP contribution in [0.15, 0.2) is 97.2 Å². The molecule has 0 amide bonds. The second kappa shape index (κ2) is 14.2. The standard InChI is InChI=1S/C36H27Cl2F3N2O3/c1-2-46-35(45)20-33(44)26-13-8-24(9-14-26)21-43-22-32(30-16-15-29(37)19-31(30)38)42-34(43)17-10-23-6-11-25(12-7-23)27-4-3-5-28(18-27)36(39,40)41/h3-19,22H,2,20-21H2,1H3/b17-10+. The Hall–Kier alpha value is -4.66. The van der Waals surface area contributed by atoms with Gasteiger partial charge >= 0.3 is 12.1 Å². The number of ether oxygens (including phenoxy) is 1. The van der Waals surface area contributed by atoms with E-state index in [9.17, 15) is 22.8 Å². The number of imidazole rings is 1. The Morgan fingerprint density at radius 2 is 1.63 bits per heavy atom. The van der Waals surface area contributed by atoms with Crippen molar-refractivity contribution in [3.8, 4) is 22.4 Å². The van der Waals surface area contributed by atoms with Crippen LogP contribution in [0.2, 0.25) is 10.0 Å². The summed E-state index contributed by atoms with van der Waals surface area (Å²) in [4.78, 5) is 29.0. The molecule has 0 radical (unpaired) electrons. The maximum atomic E-state index is 13.2. The number of carbonyl (C=O) groups excluding carboxylic acids is 2. The van der Waals surface area contributed by atoms with Crippen molar-refractivity contribution in [1.29, 1.82) is 0 Å². The highest BCUT2D eigenvalue weighted by Crippen LogP contribution is 2.33. The number of benzene rings is 4. The predicted molar refractivity (Wildman–Crippen MR) is 175 cm³/mol. The van der Waals surface area contributed by atoms with Crippen LogP contribution >= 0.6 is 23.2 Å². The number of rotatable bonds is 10. The molecule has 46 heavy (non-hydrogen) atoms. The van der Waals surface area contributed by atoms with Crippen LogP contribution in [-0.2, 0) is 22.3 Å².